The lowest BCUT2D eigenvalue weighted by Gasteiger charge is -2.10. The summed E-state index contributed by atoms with van der Waals surface area (Å²) >= 11 is 0. The zero-order valence-electron chi connectivity index (χ0n) is 6.58. The fraction of sp³-hybridized carbons (Fsp3) is 0.444. The molecule has 1 saturated carbocycles. The van der Waals surface area contributed by atoms with E-state index in [-0.39, 0.29) is 11.8 Å². The Balaban J connectivity index is 2.47. The second-order valence-corrected chi connectivity index (χ2v) is 3.09. The van der Waals surface area contributed by atoms with Gasteiger partial charge in [0, 0.05) is 12.1 Å². The number of fused-ring (bicyclic) bond motifs is 1. The van der Waals surface area contributed by atoms with Gasteiger partial charge in [0.15, 0.2) is 0 Å². The van der Waals surface area contributed by atoms with E-state index in [1.807, 2.05) is 6.07 Å². The van der Waals surface area contributed by atoms with E-state index in [1.165, 1.54) is 0 Å². The number of hydrogen-bond donors (Lipinski definition) is 0. The van der Waals surface area contributed by atoms with Crippen LogP contribution in [-0.4, -0.2) is 12.1 Å². The van der Waals surface area contributed by atoms with Gasteiger partial charge in [0.25, 0.3) is 5.91 Å². The smallest absolute Gasteiger partial charge is 0.266 e. The van der Waals surface area contributed by atoms with E-state index in [4.69, 9.17) is 5.26 Å². The molecule has 0 aromatic heterocycles. The normalized spacial score (nSPS) is 27.2. The van der Waals surface area contributed by atoms with E-state index in [9.17, 15) is 4.79 Å². The van der Waals surface area contributed by atoms with Crippen molar-refractivity contribution in [1.29, 1.82) is 5.26 Å². The quantitative estimate of drug-likeness (QED) is 0.535. The highest BCUT2D eigenvalue weighted by Crippen LogP contribution is 2.34. The van der Waals surface area contributed by atoms with Crippen molar-refractivity contribution >= 4 is 12.1 Å². The standard InChI is InChI=1S/C9H8N2O/c10-4-8-7-3-1-2-6(7)5-11-9(8)12/h5-6H,1-3H2. The first-order chi connectivity index (χ1) is 5.83. The topological polar surface area (TPSA) is 53.2 Å². The van der Waals surface area contributed by atoms with Crippen molar-refractivity contribution in [3.63, 3.8) is 0 Å². The van der Waals surface area contributed by atoms with Gasteiger partial charge in [0.2, 0.25) is 0 Å². The molecule has 3 nitrogen and oxygen atoms in total. The SMILES string of the molecule is N#CC1=C2CCCC2C=NC1=O. The number of nitriles is 1. The highest BCUT2D eigenvalue weighted by molar-refractivity contribution is 6.05. The van der Waals surface area contributed by atoms with Gasteiger partial charge < -0.3 is 0 Å². The summed E-state index contributed by atoms with van der Waals surface area (Å²) in [6, 6.07) is 1.94. The molecule has 1 unspecified atom stereocenters. The molecule has 0 saturated heterocycles. The maximum absolute atomic E-state index is 11.1. The van der Waals surface area contributed by atoms with Gasteiger partial charge in [-0.1, -0.05) is 0 Å². The molecule has 2 rings (SSSR count). The molecule has 2 aliphatic rings. The summed E-state index contributed by atoms with van der Waals surface area (Å²) in [5, 5.41) is 8.71. The molecule has 1 aliphatic heterocycles. The molecule has 12 heavy (non-hydrogen) atoms. The van der Waals surface area contributed by atoms with Crippen LogP contribution < -0.4 is 0 Å². The van der Waals surface area contributed by atoms with E-state index >= 15 is 0 Å². The van der Waals surface area contributed by atoms with Gasteiger partial charge >= 0.3 is 0 Å². The predicted molar refractivity (Wildman–Crippen MR) is 43.5 cm³/mol. The molecule has 1 amide bonds. The second kappa shape index (κ2) is 2.56. The molecule has 0 bridgehead atoms. The van der Waals surface area contributed by atoms with Gasteiger partial charge in [0.05, 0.1) is 0 Å². The first-order valence-electron chi connectivity index (χ1n) is 4.04. The minimum Gasteiger partial charge on any atom is -0.266 e. The van der Waals surface area contributed by atoms with Crippen LogP contribution in [0, 0.1) is 17.2 Å². The van der Waals surface area contributed by atoms with Crippen molar-refractivity contribution < 1.29 is 4.79 Å². The molecule has 0 aromatic carbocycles. The summed E-state index contributed by atoms with van der Waals surface area (Å²) < 4.78 is 0. The number of aliphatic imine (C=N–C) groups is 1. The Hall–Kier alpha value is -1.43. The summed E-state index contributed by atoms with van der Waals surface area (Å²) in [6.07, 6.45) is 4.69. The molecule has 0 N–H and O–H groups in total. The fourth-order valence-corrected chi connectivity index (χ4v) is 1.83. The maximum Gasteiger partial charge on any atom is 0.287 e. The summed E-state index contributed by atoms with van der Waals surface area (Å²) in [4.78, 5) is 14.8. The van der Waals surface area contributed by atoms with Gasteiger partial charge in [0.1, 0.15) is 11.6 Å². The summed E-state index contributed by atoms with van der Waals surface area (Å²) in [6.45, 7) is 0. The number of nitrogens with zero attached hydrogens (tertiary/aromatic N) is 2. The molecule has 1 atom stereocenters. The molecule has 1 heterocycles. The van der Waals surface area contributed by atoms with Crippen molar-refractivity contribution in [3.05, 3.63) is 11.1 Å². The number of carbonyl (C=O) groups excluding carboxylic acids is 1. The average Bonchev–Trinajstić information content (AvgIpc) is 2.52. The summed E-state index contributed by atoms with van der Waals surface area (Å²) in [5.41, 5.74) is 1.30. The van der Waals surface area contributed by atoms with Crippen LogP contribution in [0.1, 0.15) is 19.3 Å². The van der Waals surface area contributed by atoms with E-state index in [2.05, 4.69) is 4.99 Å². The van der Waals surface area contributed by atoms with E-state index < -0.39 is 0 Å². The molecule has 0 radical (unpaired) electrons. The van der Waals surface area contributed by atoms with Gasteiger partial charge in [-0.3, -0.25) is 4.79 Å². The third-order valence-corrected chi connectivity index (χ3v) is 2.43. The monoisotopic (exact) mass is 160 g/mol. The lowest BCUT2D eigenvalue weighted by Crippen LogP contribution is -2.13. The molecule has 0 aromatic rings. The van der Waals surface area contributed by atoms with Crippen LogP contribution in [0.3, 0.4) is 0 Å². The number of carbonyl (C=O) groups is 1. The van der Waals surface area contributed by atoms with Gasteiger partial charge in [-0.2, -0.15) is 5.26 Å². The van der Waals surface area contributed by atoms with E-state index in [0.717, 1.165) is 24.8 Å². The van der Waals surface area contributed by atoms with Crippen molar-refractivity contribution in [3.8, 4) is 6.07 Å². The molecule has 0 spiro atoms. The fourth-order valence-electron chi connectivity index (χ4n) is 1.83. The van der Waals surface area contributed by atoms with Gasteiger partial charge in [-0.25, -0.2) is 4.99 Å². The minimum absolute atomic E-state index is 0.275. The van der Waals surface area contributed by atoms with Crippen LogP contribution in [-0.2, 0) is 4.79 Å². The van der Waals surface area contributed by atoms with Crippen molar-refractivity contribution in [2.45, 2.75) is 19.3 Å². The molecule has 1 fully saturated rings. The molecular weight excluding hydrogens is 152 g/mol. The lowest BCUT2D eigenvalue weighted by atomic mass is 9.96. The molecule has 3 heteroatoms. The Labute approximate surface area is 70.4 Å². The number of dihydropyridines is 1. The molecule has 60 valence electrons. The minimum atomic E-state index is -0.356. The lowest BCUT2D eigenvalue weighted by molar-refractivity contribution is -0.114. The number of allylic oxidation sites excluding steroid dienone is 1. The zero-order chi connectivity index (χ0) is 8.55. The Morgan fingerprint density at radius 3 is 3.25 bits per heavy atom. The van der Waals surface area contributed by atoms with Crippen molar-refractivity contribution in [2.24, 2.45) is 10.9 Å². The summed E-state index contributed by atoms with van der Waals surface area (Å²) in [7, 11) is 0. The van der Waals surface area contributed by atoms with Gasteiger partial charge in [-0.15, -0.1) is 0 Å². The molecule has 1 aliphatic carbocycles. The summed E-state index contributed by atoms with van der Waals surface area (Å²) in [5.74, 6) is -0.0806. The van der Waals surface area contributed by atoms with Gasteiger partial charge in [-0.05, 0) is 24.8 Å². The van der Waals surface area contributed by atoms with Crippen LogP contribution >= 0.6 is 0 Å². The third-order valence-electron chi connectivity index (χ3n) is 2.43. The zero-order valence-corrected chi connectivity index (χ0v) is 6.58. The molecular formula is C9H8N2O. The highest BCUT2D eigenvalue weighted by Gasteiger charge is 2.28. The van der Waals surface area contributed by atoms with E-state index in [0.29, 0.717) is 5.57 Å². The van der Waals surface area contributed by atoms with Crippen LogP contribution in [0.15, 0.2) is 16.1 Å². The number of hydrogen-bond acceptors (Lipinski definition) is 2. The van der Waals surface area contributed by atoms with Crippen molar-refractivity contribution in [1.82, 2.24) is 0 Å². The van der Waals surface area contributed by atoms with Crippen LogP contribution in [0.4, 0.5) is 0 Å². The Morgan fingerprint density at radius 2 is 2.50 bits per heavy atom. The number of amides is 1. The highest BCUT2D eigenvalue weighted by atomic mass is 16.1. The predicted octanol–water partition coefficient (Wildman–Crippen LogP) is 1.22. The Morgan fingerprint density at radius 1 is 1.67 bits per heavy atom. The van der Waals surface area contributed by atoms with Crippen LogP contribution in [0.25, 0.3) is 0 Å². The largest absolute Gasteiger partial charge is 0.287 e. The first kappa shape index (κ1) is 7.23. The number of rotatable bonds is 0. The van der Waals surface area contributed by atoms with Crippen LogP contribution in [0.5, 0.6) is 0 Å². The Bertz CT molecular complexity index is 333. The van der Waals surface area contributed by atoms with Crippen LogP contribution in [0.2, 0.25) is 0 Å². The first-order valence-corrected chi connectivity index (χ1v) is 4.04. The van der Waals surface area contributed by atoms with E-state index in [1.54, 1.807) is 6.21 Å². The maximum atomic E-state index is 11.1. The van der Waals surface area contributed by atoms with Crippen molar-refractivity contribution in [2.75, 3.05) is 0 Å². The second-order valence-electron chi connectivity index (χ2n) is 3.09. The Kier molecular flexibility index (Phi) is 1.54. The average molecular weight is 160 g/mol. The third kappa shape index (κ3) is 0.884.